The average molecular weight is 521 g/mol. The summed E-state index contributed by atoms with van der Waals surface area (Å²) in [5.41, 5.74) is 7.18. The zero-order valence-electron chi connectivity index (χ0n) is 22.4. The van der Waals surface area contributed by atoms with Gasteiger partial charge in [-0.3, -0.25) is 0 Å². The smallest absolute Gasteiger partial charge is 0.131 e. The zero-order chi connectivity index (χ0) is 27.2. The summed E-state index contributed by atoms with van der Waals surface area (Å²) < 4.78 is 26.0. The molecule has 4 nitrogen and oxygen atoms in total. The van der Waals surface area contributed by atoms with Crippen molar-refractivity contribution < 1.29 is 13.9 Å². The van der Waals surface area contributed by atoms with E-state index in [1.165, 1.54) is 17.2 Å². The lowest BCUT2D eigenvalue weighted by Crippen LogP contribution is -2.29. The van der Waals surface area contributed by atoms with Gasteiger partial charge in [-0.25, -0.2) is 4.39 Å². The summed E-state index contributed by atoms with van der Waals surface area (Å²) in [6, 6.07) is 32.2. The van der Waals surface area contributed by atoms with E-state index in [-0.39, 0.29) is 18.0 Å². The SMILES string of the molecule is COc1ccc(F)c(-c2ccc(Cc3ccc(N4C[C@H](OCc5ccccc5)C[C@H]4CC#N)cc3)c(C)c2)c1. The number of halogens is 1. The monoisotopic (exact) mass is 520 g/mol. The number of nitrogens with zero attached hydrogens (tertiary/aromatic N) is 2. The first-order chi connectivity index (χ1) is 19.0. The van der Waals surface area contributed by atoms with Gasteiger partial charge in [0.15, 0.2) is 0 Å². The fourth-order valence-electron chi connectivity index (χ4n) is 5.34. The molecule has 4 aromatic carbocycles. The number of nitriles is 1. The highest BCUT2D eigenvalue weighted by Crippen LogP contribution is 2.31. The first-order valence-corrected chi connectivity index (χ1v) is 13.4. The van der Waals surface area contributed by atoms with E-state index in [4.69, 9.17) is 9.47 Å². The van der Waals surface area contributed by atoms with Gasteiger partial charge in [-0.1, -0.05) is 60.7 Å². The molecule has 1 fully saturated rings. The predicted molar refractivity (Wildman–Crippen MR) is 153 cm³/mol. The number of aryl methyl sites for hydroxylation is 1. The second-order valence-corrected chi connectivity index (χ2v) is 10.2. The molecule has 0 aliphatic carbocycles. The van der Waals surface area contributed by atoms with Crippen LogP contribution in [-0.4, -0.2) is 25.8 Å². The number of hydrogen-bond acceptors (Lipinski definition) is 4. The molecule has 0 saturated carbocycles. The van der Waals surface area contributed by atoms with Crippen LogP contribution in [-0.2, 0) is 17.8 Å². The molecular weight excluding hydrogens is 487 g/mol. The molecule has 2 atom stereocenters. The molecule has 39 heavy (non-hydrogen) atoms. The predicted octanol–water partition coefficient (Wildman–Crippen LogP) is 7.48. The highest BCUT2D eigenvalue weighted by atomic mass is 19.1. The van der Waals surface area contributed by atoms with Crippen molar-refractivity contribution >= 4 is 5.69 Å². The summed E-state index contributed by atoms with van der Waals surface area (Å²) in [4.78, 5) is 2.31. The third-order valence-electron chi connectivity index (χ3n) is 7.52. The molecule has 1 saturated heterocycles. The first kappa shape index (κ1) is 26.5. The number of methoxy groups -OCH3 is 1. The lowest BCUT2D eigenvalue weighted by molar-refractivity contribution is 0.0534. The van der Waals surface area contributed by atoms with E-state index in [1.807, 2.05) is 30.3 Å². The third kappa shape index (κ3) is 6.30. The Morgan fingerprint density at radius 3 is 2.46 bits per heavy atom. The molecular formula is C34H33FN2O2. The van der Waals surface area contributed by atoms with Gasteiger partial charge in [0.25, 0.3) is 0 Å². The fourth-order valence-corrected chi connectivity index (χ4v) is 5.34. The molecule has 4 aromatic rings. The van der Waals surface area contributed by atoms with Crippen LogP contribution in [0, 0.1) is 24.1 Å². The van der Waals surface area contributed by atoms with Crippen molar-refractivity contribution in [2.24, 2.45) is 0 Å². The fraction of sp³-hybridized carbons (Fsp3) is 0.265. The van der Waals surface area contributed by atoms with Crippen LogP contribution < -0.4 is 9.64 Å². The van der Waals surface area contributed by atoms with Crippen LogP contribution in [0.1, 0.15) is 35.1 Å². The summed E-state index contributed by atoms with van der Waals surface area (Å²) >= 11 is 0. The summed E-state index contributed by atoms with van der Waals surface area (Å²) in [6.07, 6.45) is 2.21. The quantitative estimate of drug-likeness (QED) is 0.230. The minimum Gasteiger partial charge on any atom is -0.497 e. The van der Waals surface area contributed by atoms with E-state index in [9.17, 15) is 9.65 Å². The Morgan fingerprint density at radius 1 is 0.949 bits per heavy atom. The maximum absolute atomic E-state index is 14.5. The zero-order valence-corrected chi connectivity index (χ0v) is 22.4. The third-order valence-corrected chi connectivity index (χ3v) is 7.52. The number of ether oxygens (including phenoxy) is 2. The van der Waals surface area contributed by atoms with Crippen LogP contribution >= 0.6 is 0 Å². The highest BCUT2D eigenvalue weighted by Gasteiger charge is 2.32. The van der Waals surface area contributed by atoms with Gasteiger partial charge in [0, 0.05) is 23.8 Å². The molecule has 0 aromatic heterocycles. The number of rotatable bonds is 9. The molecule has 198 valence electrons. The Bertz CT molecular complexity index is 1450. The van der Waals surface area contributed by atoms with E-state index in [2.05, 4.69) is 60.4 Å². The van der Waals surface area contributed by atoms with Crippen molar-refractivity contribution in [1.82, 2.24) is 0 Å². The number of anilines is 1. The average Bonchev–Trinajstić information content (AvgIpc) is 3.37. The Kier molecular flexibility index (Phi) is 8.24. The molecule has 5 rings (SSSR count). The van der Waals surface area contributed by atoms with Gasteiger partial charge in [0.05, 0.1) is 32.3 Å². The van der Waals surface area contributed by atoms with Gasteiger partial charge in [-0.2, -0.15) is 5.26 Å². The second kappa shape index (κ2) is 12.1. The van der Waals surface area contributed by atoms with E-state index in [0.29, 0.717) is 24.3 Å². The van der Waals surface area contributed by atoms with Gasteiger partial charge in [0.2, 0.25) is 0 Å². The Morgan fingerprint density at radius 2 is 1.74 bits per heavy atom. The molecule has 1 aliphatic heterocycles. The Hall–Kier alpha value is -4.14. The van der Waals surface area contributed by atoms with Crippen LogP contribution in [0.25, 0.3) is 11.1 Å². The van der Waals surface area contributed by atoms with Crippen LogP contribution in [0.2, 0.25) is 0 Å². The molecule has 1 heterocycles. The molecule has 5 heteroatoms. The molecule has 0 bridgehead atoms. The van der Waals surface area contributed by atoms with Gasteiger partial charge < -0.3 is 14.4 Å². The summed E-state index contributed by atoms with van der Waals surface area (Å²) in [7, 11) is 1.59. The van der Waals surface area contributed by atoms with Crippen molar-refractivity contribution in [2.75, 3.05) is 18.6 Å². The van der Waals surface area contributed by atoms with Crippen molar-refractivity contribution in [2.45, 2.75) is 44.9 Å². The highest BCUT2D eigenvalue weighted by molar-refractivity contribution is 5.67. The standard InChI is InChI=1S/C34H33FN2O2/c1-24-18-28(33-21-31(38-2)14-15-34(33)35)11-10-27(24)19-25-8-12-29(13-9-25)37-22-32(20-30(37)16-17-36)39-23-26-6-4-3-5-7-26/h3-15,18,21,30,32H,16,19-20,22-23H2,1-2H3/t30-,32-/m1/s1. The molecule has 0 radical (unpaired) electrons. The number of hydrogen-bond donors (Lipinski definition) is 0. The first-order valence-electron chi connectivity index (χ1n) is 13.4. The van der Waals surface area contributed by atoms with Crippen molar-refractivity contribution in [3.8, 4) is 22.9 Å². The van der Waals surface area contributed by atoms with Gasteiger partial charge in [-0.15, -0.1) is 0 Å². The Balaban J connectivity index is 1.26. The van der Waals surface area contributed by atoms with E-state index >= 15 is 0 Å². The van der Waals surface area contributed by atoms with E-state index < -0.39 is 0 Å². The summed E-state index contributed by atoms with van der Waals surface area (Å²) in [6.45, 7) is 3.43. The number of benzene rings is 4. The maximum Gasteiger partial charge on any atom is 0.131 e. The van der Waals surface area contributed by atoms with Crippen LogP contribution in [0.3, 0.4) is 0 Å². The summed E-state index contributed by atoms with van der Waals surface area (Å²) in [5.74, 6) is 0.375. The second-order valence-electron chi connectivity index (χ2n) is 10.2. The van der Waals surface area contributed by atoms with Crippen molar-refractivity contribution in [3.05, 3.63) is 119 Å². The molecule has 0 unspecified atom stereocenters. The molecule has 0 spiro atoms. The molecule has 0 N–H and O–H groups in total. The van der Waals surface area contributed by atoms with Crippen molar-refractivity contribution in [1.29, 1.82) is 5.26 Å². The minimum absolute atomic E-state index is 0.0961. The normalized spacial score (nSPS) is 16.7. The minimum atomic E-state index is -0.261. The van der Waals surface area contributed by atoms with Crippen molar-refractivity contribution in [3.63, 3.8) is 0 Å². The van der Waals surface area contributed by atoms with E-state index in [0.717, 1.165) is 41.8 Å². The van der Waals surface area contributed by atoms with Gasteiger partial charge >= 0.3 is 0 Å². The largest absolute Gasteiger partial charge is 0.497 e. The van der Waals surface area contributed by atoms with Crippen LogP contribution in [0.5, 0.6) is 5.75 Å². The lowest BCUT2D eigenvalue weighted by atomic mass is 9.95. The maximum atomic E-state index is 14.5. The summed E-state index contributed by atoms with van der Waals surface area (Å²) in [5, 5.41) is 9.41. The van der Waals surface area contributed by atoms with Crippen LogP contribution in [0.4, 0.5) is 10.1 Å². The van der Waals surface area contributed by atoms with Gasteiger partial charge in [0.1, 0.15) is 11.6 Å². The van der Waals surface area contributed by atoms with E-state index in [1.54, 1.807) is 19.2 Å². The Labute approximate surface area is 230 Å². The lowest BCUT2D eigenvalue weighted by Gasteiger charge is -2.25. The van der Waals surface area contributed by atoms with Crippen LogP contribution in [0.15, 0.2) is 91.0 Å². The molecule has 1 aliphatic rings. The molecule has 0 amide bonds. The topological polar surface area (TPSA) is 45.5 Å². The van der Waals surface area contributed by atoms with Gasteiger partial charge in [-0.05, 0) is 77.9 Å².